The van der Waals surface area contributed by atoms with Gasteiger partial charge in [0.25, 0.3) is 5.91 Å². The molecule has 0 radical (unpaired) electrons. The van der Waals surface area contributed by atoms with Crippen molar-refractivity contribution in [3.05, 3.63) is 84.1 Å². The van der Waals surface area contributed by atoms with E-state index in [9.17, 15) is 4.79 Å². The van der Waals surface area contributed by atoms with Crippen LogP contribution in [0.5, 0.6) is 5.75 Å². The number of rotatable bonds is 5. The number of para-hydroxylation sites is 1. The Kier molecular flexibility index (Phi) is 4.38. The molecular formula is C18H16N2O3. The van der Waals surface area contributed by atoms with E-state index in [2.05, 4.69) is 10.3 Å². The first-order chi connectivity index (χ1) is 11.3. The molecule has 23 heavy (non-hydrogen) atoms. The highest BCUT2D eigenvalue weighted by Gasteiger charge is 2.22. The number of methoxy groups -OCH3 is 1. The molecule has 1 atom stereocenters. The molecule has 3 aromatic rings. The van der Waals surface area contributed by atoms with Crippen molar-refractivity contribution in [2.75, 3.05) is 7.11 Å². The third kappa shape index (κ3) is 3.23. The van der Waals surface area contributed by atoms with Gasteiger partial charge in [0, 0.05) is 11.8 Å². The lowest BCUT2D eigenvalue weighted by Crippen LogP contribution is -2.29. The minimum atomic E-state index is -0.440. The second kappa shape index (κ2) is 6.79. The van der Waals surface area contributed by atoms with E-state index in [1.54, 1.807) is 25.4 Å². The molecular weight excluding hydrogens is 292 g/mol. The maximum Gasteiger partial charge on any atom is 0.287 e. The minimum absolute atomic E-state index is 0.251. The number of pyridine rings is 1. The maximum atomic E-state index is 12.4. The van der Waals surface area contributed by atoms with Crippen LogP contribution in [0.2, 0.25) is 0 Å². The van der Waals surface area contributed by atoms with Crippen LogP contribution in [0.4, 0.5) is 0 Å². The van der Waals surface area contributed by atoms with Gasteiger partial charge in [0.05, 0.1) is 19.1 Å². The highest BCUT2D eigenvalue weighted by atomic mass is 16.5. The number of benzene rings is 1. The lowest BCUT2D eigenvalue weighted by atomic mass is 10.0. The monoisotopic (exact) mass is 308 g/mol. The third-order valence-corrected chi connectivity index (χ3v) is 3.45. The summed E-state index contributed by atoms with van der Waals surface area (Å²) in [6.45, 7) is 0. The molecule has 0 saturated heterocycles. The summed E-state index contributed by atoms with van der Waals surface area (Å²) >= 11 is 0. The van der Waals surface area contributed by atoms with Gasteiger partial charge >= 0.3 is 0 Å². The van der Waals surface area contributed by atoms with E-state index < -0.39 is 6.04 Å². The van der Waals surface area contributed by atoms with Crippen LogP contribution >= 0.6 is 0 Å². The number of aromatic nitrogens is 1. The summed E-state index contributed by atoms with van der Waals surface area (Å²) < 4.78 is 10.6. The molecule has 0 fully saturated rings. The van der Waals surface area contributed by atoms with Gasteiger partial charge in [-0.15, -0.1) is 0 Å². The minimum Gasteiger partial charge on any atom is -0.496 e. The van der Waals surface area contributed by atoms with E-state index in [4.69, 9.17) is 9.15 Å². The summed E-state index contributed by atoms with van der Waals surface area (Å²) in [5.41, 5.74) is 1.55. The average Bonchev–Trinajstić information content (AvgIpc) is 3.15. The van der Waals surface area contributed by atoms with Crippen molar-refractivity contribution in [1.29, 1.82) is 0 Å². The molecule has 0 aliphatic heterocycles. The Hall–Kier alpha value is -3.08. The van der Waals surface area contributed by atoms with Gasteiger partial charge in [-0.3, -0.25) is 9.78 Å². The quantitative estimate of drug-likeness (QED) is 0.786. The zero-order valence-corrected chi connectivity index (χ0v) is 12.6. The van der Waals surface area contributed by atoms with Gasteiger partial charge in [0.2, 0.25) is 0 Å². The molecule has 0 aliphatic carbocycles. The van der Waals surface area contributed by atoms with Gasteiger partial charge in [0.1, 0.15) is 11.8 Å². The standard InChI is InChI=1S/C18H16N2O3/c1-22-15-9-3-2-7-13(15)17(14-8-4-5-11-19-14)20-18(21)16-10-6-12-23-16/h2-12,17H,1H3,(H,20,21)/t17-/m0/s1. The maximum absolute atomic E-state index is 12.4. The van der Waals surface area contributed by atoms with Crippen LogP contribution in [0, 0.1) is 0 Å². The summed E-state index contributed by atoms with van der Waals surface area (Å²) in [5, 5.41) is 2.95. The van der Waals surface area contributed by atoms with E-state index in [0.717, 1.165) is 11.3 Å². The van der Waals surface area contributed by atoms with Crippen LogP contribution in [-0.2, 0) is 0 Å². The number of carbonyl (C=O) groups excluding carboxylic acids is 1. The van der Waals surface area contributed by atoms with Crippen LogP contribution in [0.3, 0.4) is 0 Å². The highest BCUT2D eigenvalue weighted by molar-refractivity contribution is 5.91. The summed E-state index contributed by atoms with van der Waals surface area (Å²) in [6, 6.07) is 16.0. The van der Waals surface area contributed by atoms with Crippen LogP contribution in [0.1, 0.15) is 27.9 Å². The molecule has 116 valence electrons. The molecule has 1 amide bonds. The fraction of sp³-hybridized carbons (Fsp3) is 0.111. The Morgan fingerprint density at radius 1 is 1.13 bits per heavy atom. The molecule has 1 aromatic carbocycles. The Bertz CT molecular complexity index is 770. The molecule has 0 saturated carbocycles. The fourth-order valence-corrected chi connectivity index (χ4v) is 2.37. The van der Waals surface area contributed by atoms with Crippen molar-refractivity contribution >= 4 is 5.91 Å². The van der Waals surface area contributed by atoms with Crippen molar-refractivity contribution in [2.45, 2.75) is 6.04 Å². The van der Waals surface area contributed by atoms with Crippen LogP contribution in [0.15, 0.2) is 71.5 Å². The first-order valence-corrected chi connectivity index (χ1v) is 7.18. The number of hydrogen-bond donors (Lipinski definition) is 1. The van der Waals surface area contributed by atoms with E-state index in [1.807, 2.05) is 42.5 Å². The van der Waals surface area contributed by atoms with Crippen molar-refractivity contribution in [1.82, 2.24) is 10.3 Å². The molecule has 5 heteroatoms. The highest BCUT2D eigenvalue weighted by Crippen LogP contribution is 2.29. The van der Waals surface area contributed by atoms with E-state index >= 15 is 0 Å². The number of furan rings is 1. The first kappa shape index (κ1) is 14.8. The van der Waals surface area contributed by atoms with E-state index in [0.29, 0.717) is 5.75 Å². The summed E-state index contributed by atoms with van der Waals surface area (Å²) in [6.07, 6.45) is 3.16. The van der Waals surface area contributed by atoms with Crippen LogP contribution in [0.25, 0.3) is 0 Å². The second-order valence-electron chi connectivity index (χ2n) is 4.88. The van der Waals surface area contributed by atoms with E-state index in [-0.39, 0.29) is 11.7 Å². The topological polar surface area (TPSA) is 64.4 Å². The number of hydrogen-bond acceptors (Lipinski definition) is 4. The van der Waals surface area contributed by atoms with Gasteiger partial charge in [0.15, 0.2) is 5.76 Å². The average molecular weight is 308 g/mol. The van der Waals surface area contributed by atoms with Crippen LogP contribution < -0.4 is 10.1 Å². The SMILES string of the molecule is COc1ccccc1[C@H](NC(=O)c1ccco1)c1ccccn1. The molecule has 5 nitrogen and oxygen atoms in total. The zero-order valence-electron chi connectivity index (χ0n) is 12.6. The largest absolute Gasteiger partial charge is 0.496 e. The molecule has 1 N–H and O–H groups in total. The van der Waals surface area contributed by atoms with Crippen LogP contribution in [-0.4, -0.2) is 18.0 Å². The predicted molar refractivity (Wildman–Crippen MR) is 85.2 cm³/mol. The normalized spacial score (nSPS) is 11.7. The number of ether oxygens (including phenoxy) is 1. The van der Waals surface area contributed by atoms with Crippen molar-refractivity contribution in [3.8, 4) is 5.75 Å². The summed E-state index contributed by atoms with van der Waals surface area (Å²) in [4.78, 5) is 16.8. The first-order valence-electron chi connectivity index (χ1n) is 7.18. The summed E-state index contributed by atoms with van der Waals surface area (Å²) in [7, 11) is 1.60. The smallest absolute Gasteiger partial charge is 0.287 e. The fourth-order valence-electron chi connectivity index (χ4n) is 2.37. The van der Waals surface area contributed by atoms with Crippen molar-refractivity contribution in [2.24, 2.45) is 0 Å². The molecule has 0 unspecified atom stereocenters. The van der Waals surface area contributed by atoms with Gasteiger partial charge in [-0.1, -0.05) is 24.3 Å². The Labute approximate surface area is 133 Å². The molecule has 2 aromatic heterocycles. The lowest BCUT2D eigenvalue weighted by molar-refractivity contribution is 0.0914. The Balaban J connectivity index is 1.99. The molecule has 2 heterocycles. The van der Waals surface area contributed by atoms with Gasteiger partial charge in [-0.05, 0) is 30.3 Å². The molecule has 0 aliphatic rings. The van der Waals surface area contributed by atoms with Gasteiger partial charge < -0.3 is 14.5 Å². The van der Waals surface area contributed by atoms with Gasteiger partial charge in [-0.2, -0.15) is 0 Å². The zero-order chi connectivity index (χ0) is 16.1. The Morgan fingerprint density at radius 3 is 2.65 bits per heavy atom. The van der Waals surface area contributed by atoms with Crippen molar-refractivity contribution in [3.63, 3.8) is 0 Å². The third-order valence-electron chi connectivity index (χ3n) is 3.45. The van der Waals surface area contributed by atoms with Crippen molar-refractivity contribution < 1.29 is 13.9 Å². The summed E-state index contributed by atoms with van der Waals surface area (Å²) in [5.74, 6) is 0.625. The molecule has 0 bridgehead atoms. The predicted octanol–water partition coefficient (Wildman–Crippen LogP) is 3.20. The van der Waals surface area contributed by atoms with E-state index in [1.165, 1.54) is 6.26 Å². The molecule has 0 spiro atoms. The number of carbonyl (C=O) groups is 1. The number of nitrogens with zero attached hydrogens (tertiary/aromatic N) is 1. The van der Waals surface area contributed by atoms with Gasteiger partial charge in [-0.25, -0.2) is 0 Å². The molecule has 3 rings (SSSR count). The Morgan fingerprint density at radius 2 is 1.96 bits per heavy atom. The number of amides is 1. The lowest BCUT2D eigenvalue weighted by Gasteiger charge is -2.20. The second-order valence-corrected chi connectivity index (χ2v) is 4.88. The number of nitrogens with one attached hydrogen (secondary N) is 1.